The molecule has 1 aliphatic heterocycles. The van der Waals surface area contributed by atoms with Gasteiger partial charge in [-0.05, 0) is 35.7 Å². The van der Waals surface area contributed by atoms with Crippen molar-refractivity contribution >= 4 is 11.9 Å². The molecule has 1 aliphatic rings. The van der Waals surface area contributed by atoms with Crippen LogP contribution in [0.4, 0.5) is 5.69 Å². The molecule has 2 aromatic carbocycles. The smallest absolute Gasteiger partial charge is 0.142 e. The molecule has 0 unspecified atom stereocenters. The number of hydrogen-bond donors (Lipinski definition) is 0. The zero-order chi connectivity index (χ0) is 15.9. The van der Waals surface area contributed by atoms with Crippen molar-refractivity contribution in [1.82, 2.24) is 0 Å². The monoisotopic (exact) mass is 310 g/mol. The number of hydrogen-bond acceptors (Lipinski definition) is 4. The fraction of sp³-hybridized carbons (Fsp3) is 0.316. The highest BCUT2D eigenvalue weighted by molar-refractivity contribution is 5.79. The van der Waals surface area contributed by atoms with Gasteiger partial charge in [0.1, 0.15) is 6.61 Å². The molecular formula is C19H22N2O2. The third-order valence-electron chi connectivity index (χ3n) is 4.03. The van der Waals surface area contributed by atoms with Crippen LogP contribution in [0.5, 0.6) is 0 Å². The van der Waals surface area contributed by atoms with Crippen molar-refractivity contribution in [3.63, 3.8) is 0 Å². The van der Waals surface area contributed by atoms with Gasteiger partial charge in [0.15, 0.2) is 0 Å². The zero-order valence-electron chi connectivity index (χ0n) is 13.4. The minimum atomic E-state index is 0.495. The van der Waals surface area contributed by atoms with Crippen LogP contribution >= 0.6 is 0 Å². The fourth-order valence-electron chi connectivity index (χ4n) is 2.57. The molecule has 0 atom stereocenters. The van der Waals surface area contributed by atoms with E-state index >= 15 is 0 Å². The van der Waals surface area contributed by atoms with Crippen LogP contribution in [0, 0.1) is 6.92 Å². The Labute approximate surface area is 137 Å². The Morgan fingerprint density at radius 2 is 1.83 bits per heavy atom. The summed E-state index contributed by atoms with van der Waals surface area (Å²) in [5, 5.41) is 4.06. The van der Waals surface area contributed by atoms with Crippen LogP contribution in [0.1, 0.15) is 16.7 Å². The molecule has 1 fully saturated rings. The molecule has 0 bridgehead atoms. The quantitative estimate of drug-likeness (QED) is 0.627. The van der Waals surface area contributed by atoms with Gasteiger partial charge in [0, 0.05) is 18.8 Å². The van der Waals surface area contributed by atoms with Gasteiger partial charge in [-0.1, -0.05) is 41.6 Å². The molecule has 1 saturated heterocycles. The second-order valence-corrected chi connectivity index (χ2v) is 5.63. The summed E-state index contributed by atoms with van der Waals surface area (Å²) in [5.41, 5.74) is 4.64. The van der Waals surface area contributed by atoms with E-state index in [1.165, 1.54) is 11.3 Å². The van der Waals surface area contributed by atoms with E-state index < -0.39 is 0 Å². The number of ether oxygens (including phenoxy) is 1. The summed E-state index contributed by atoms with van der Waals surface area (Å²) in [7, 11) is 0. The molecule has 0 aliphatic carbocycles. The SMILES string of the molecule is Cc1ccccc1CON=Cc1ccc(N2CCOCC2)cc1. The number of rotatable bonds is 5. The largest absolute Gasteiger partial charge is 0.391 e. The average molecular weight is 310 g/mol. The zero-order valence-corrected chi connectivity index (χ0v) is 13.4. The second-order valence-electron chi connectivity index (χ2n) is 5.63. The van der Waals surface area contributed by atoms with Crippen molar-refractivity contribution in [2.45, 2.75) is 13.5 Å². The van der Waals surface area contributed by atoms with Gasteiger partial charge >= 0.3 is 0 Å². The molecular weight excluding hydrogens is 288 g/mol. The van der Waals surface area contributed by atoms with Gasteiger partial charge < -0.3 is 14.5 Å². The number of aryl methyl sites for hydroxylation is 1. The summed E-state index contributed by atoms with van der Waals surface area (Å²) in [4.78, 5) is 7.73. The van der Waals surface area contributed by atoms with E-state index in [1.54, 1.807) is 6.21 Å². The van der Waals surface area contributed by atoms with E-state index in [-0.39, 0.29) is 0 Å². The highest BCUT2D eigenvalue weighted by Gasteiger charge is 2.10. The summed E-state index contributed by atoms with van der Waals surface area (Å²) in [6.45, 7) is 6.08. The van der Waals surface area contributed by atoms with Gasteiger partial charge in [-0.3, -0.25) is 0 Å². The van der Waals surface area contributed by atoms with Crippen LogP contribution in [0.25, 0.3) is 0 Å². The Kier molecular flexibility index (Phi) is 5.27. The first-order chi connectivity index (χ1) is 11.3. The van der Waals surface area contributed by atoms with Gasteiger partial charge in [-0.2, -0.15) is 0 Å². The molecule has 120 valence electrons. The van der Waals surface area contributed by atoms with Crippen molar-refractivity contribution < 1.29 is 9.57 Å². The molecule has 2 aromatic rings. The van der Waals surface area contributed by atoms with E-state index in [0.717, 1.165) is 37.4 Å². The predicted molar refractivity (Wildman–Crippen MR) is 93.0 cm³/mol. The molecule has 0 spiro atoms. The van der Waals surface area contributed by atoms with Crippen LogP contribution in [-0.4, -0.2) is 32.5 Å². The summed E-state index contributed by atoms with van der Waals surface area (Å²) in [6, 6.07) is 16.5. The van der Waals surface area contributed by atoms with Crippen molar-refractivity contribution in [2.75, 3.05) is 31.2 Å². The van der Waals surface area contributed by atoms with E-state index in [0.29, 0.717) is 6.61 Å². The van der Waals surface area contributed by atoms with Gasteiger partial charge in [0.05, 0.1) is 19.4 Å². The lowest BCUT2D eigenvalue weighted by Crippen LogP contribution is -2.36. The Morgan fingerprint density at radius 3 is 2.57 bits per heavy atom. The lowest BCUT2D eigenvalue weighted by atomic mass is 10.1. The Balaban J connectivity index is 1.52. The first-order valence-corrected chi connectivity index (χ1v) is 7.95. The fourth-order valence-corrected chi connectivity index (χ4v) is 2.57. The number of oxime groups is 1. The maximum atomic E-state index is 5.39. The van der Waals surface area contributed by atoms with E-state index in [4.69, 9.17) is 9.57 Å². The number of benzene rings is 2. The van der Waals surface area contributed by atoms with Gasteiger partial charge in [-0.15, -0.1) is 0 Å². The van der Waals surface area contributed by atoms with Gasteiger partial charge in [0.25, 0.3) is 0 Å². The molecule has 0 saturated carbocycles. The lowest BCUT2D eigenvalue weighted by molar-refractivity contribution is 0.122. The molecule has 1 heterocycles. The molecule has 0 aromatic heterocycles. The Bertz CT molecular complexity index is 647. The summed E-state index contributed by atoms with van der Waals surface area (Å²) in [6.07, 6.45) is 1.75. The van der Waals surface area contributed by atoms with E-state index in [1.807, 2.05) is 12.1 Å². The van der Waals surface area contributed by atoms with Crippen LogP contribution < -0.4 is 4.90 Å². The topological polar surface area (TPSA) is 34.1 Å². The van der Waals surface area contributed by atoms with Crippen molar-refractivity contribution in [3.05, 3.63) is 65.2 Å². The second kappa shape index (κ2) is 7.79. The van der Waals surface area contributed by atoms with Crippen LogP contribution in [0.3, 0.4) is 0 Å². The molecule has 23 heavy (non-hydrogen) atoms. The standard InChI is InChI=1S/C19H22N2O2/c1-16-4-2-3-5-18(16)15-23-20-14-17-6-8-19(9-7-17)21-10-12-22-13-11-21/h2-9,14H,10-13,15H2,1H3. The summed E-state index contributed by atoms with van der Waals surface area (Å²) < 4.78 is 5.38. The van der Waals surface area contributed by atoms with E-state index in [9.17, 15) is 0 Å². The molecule has 0 amide bonds. The number of anilines is 1. The maximum absolute atomic E-state index is 5.39. The lowest BCUT2D eigenvalue weighted by Gasteiger charge is -2.28. The van der Waals surface area contributed by atoms with Crippen LogP contribution in [0.2, 0.25) is 0 Å². The minimum absolute atomic E-state index is 0.495. The average Bonchev–Trinajstić information content (AvgIpc) is 2.61. The van der Waals surface area contributed by atoms with E-state index in [2.05, 4.69) is 53.4 Å². The first kappa shape index (κ1) is 15.6. The highest BCUT2D eigenvalue weighted by atomic mass is 16.6. The summed E-state index contributed by atoms with van der Waals surface area (Å²) in [5.74, 6) is 0. The Hall–Kier alpha value is -2.33. The first-order valence-electron chi connectivity index (χ1n) is 7.95. The summed E-state index contributed by atoms with van der Waals surface area (Å²) >= 11 is 0. The predicted octanol–water partition coefficient (Wildman–Crippen LogP) is 3.38. The molecule has 3 rings (SSSR count). The van der Waals surface area contributed by atoms with Gasteiger partial charge in [0.2, 0.25) is 0 Å². The van der Waals surface area contributed by atoms with Crippen LogP contribution in [0.15, 0.2) is 53.7 Å². The molecule has 0 radical (unpaired) electrons. The highest BCUT2D eigenvalue weighted by Crippen LogP contribution is 2.16. The van der Waals surface area contributed by atoms with Gasteiger partial charge in [-0.25, -0.2) is 0 Å². The molecule has 4 heteroatoms. The Morgan fingerprint density at radius 1 is 1.09 bits per heavy atom. The number of morpholine rings is 1. The van der Waals surface area contributed by atoms with Crippen molar-refractivity contribution in [3.8, 4) is 0 Å². The van der Waals surface area contributed by atoms with Crippen molar-refractivity contribution in [2.24, 2.45) is 5.16 Å². The maximum Gasteiger partial charge on any atom is 0.142 e. The molecule has 4 nitrogen and oxygen atoms in total. The third-order valence-corrected chi connectivity index (χ3v) is 4.03. The normalized spacial score (nSPS) is 15.1. The van der Waals surface area contributed by atoms with Crippen molar-refractivity contribution in [1.29, 1.82) is 0 Å². The molecule has 0 N–H and O–H groups in total. The third kappa shape index (κ3) is 4.33. The van der Waals surface area contributed by atoms with Crippen LogP contribution in [-0.2, 0) is 16.2 Å². The minimum Gasteiger partial charge on any atom is -0.391 e. The number of nitrogens with zero attached hydrogens (tertiary/aromatic N) is 2.